The molecule has 0 N–H and O–H groups in total. The number of hydrogen-bond donors (Lipinski definition) is 0. The summed E-state index contributed by atoms with van der Waals surface area (Å²) in [5, 5.41) is 0. The molecule has 8 aliphatic rings. The fourth-order valence-electron chi connectivity index (χ4n) is 15.7. The van der Waals surface area contributed by atoms with Crippen molar-refractivity contribution in [3.63, 3.8) is 0 Å². The first kappa shape index (κ1) is 45.3. The van der Waals surface area contributed by atoms with E-state index in [1.54, 1.807) is 275 Å². The summed E-state index contributed by atoms with van der Waals surface area (Å²) in [4.78, 5) is 0. The molecule has 328 valence electrons. The molecule has 0 amide bonds. The molecular weight excluding hydrogens is 760 g/mol. The fourth-order valence-corrected chi connectivity index (χ4v) is 32.4. The molecule has 0 radical (unpaired) electrons. The first-order valence-corrected chi connectivity index (χ1v) is 34.0. The first-order chi connectivity index (χ1) is 28.3. The lowest BCUT2D eigenvalue weighted by atomic mass is 9.73. The lowest BCUT2D eigenvalue weighted by molar-refractivity contribution is 0.199. The monoisotopic (exact) mass is 857 g/mol. The van der Waals surface area contributed by atoms with Crippen molar-refractivity contribution < 1.29 is 0 Å². The molecule has 0 heterocycles. The molecule has 8 aliphatic carbocycles. The summed E-state index contributed by atoms with van der Waals surface area (Å²) >= 11 is 0. The van der Waals surface area contributed by atoms with Crippen LogP contribution < -0.4 is 0 Å². The largest absolute Gasteiger partial charge is 0.100 e. The van der Waals surface area contributed by atoms with Gasteiger partial charge in [-0.1, -0.05) is 157 Å². The molecule has 0 aromatic heterocycles. The Kier molecular flexibility index (Phi) is 19.6. The molecule has 57 heavy (non-hydrogen) atoms. The Bertz CT molecular complexity index is 1040. The Balaban J connectivity index is 0.915. The Labute approximate surface area is 362 Å². The predicted octanol–water partition coefficient (Wildman–Crippen LogP) is 18.4. The van der Waals surface area contributed by atoms with Crippen molar-refractivity contribution in [3.05, 3.63) is 0 Å². The molecule has 0 spiro atoms. The van der Waals surface area contributed by atoms with Gasteiger partial charge in [-0.25, -0.2) is 0 Å². The van der Waals surface area contributed by atoms with Crippen molar-refractivity contribution in [1.82, 2.24) is 0 Å². The van der Waals surface area contributed by atoms with Crippen LogP contribution in [0, 0.1) is 11.8 Å². The average Bonchev–Trinajstić information content (AvgIpc) is 3.30. The SMILES string of the molecule is C1CCC(P(CCCP(C2CCCCC2)C2CCCC(C3CCCC(P(CCP(C4CCCCC4)C4CCCCC4)C4CCCCC4)C3)C2)C2CCCCC2)CC1. The number of rotatable bonds is 16. The molecule has 0 aliphatic heterocycles. The van der Waals surface area contributed by atoms with Gasteiger partial charge < -0.3 is 0 Å². The van der Waals surface area contributed by atoms with Gasteiger partial charge in [0, 0.05) is 0 Å². The summed E-state index contributed by atoms with van der Waals surface area (Å²) in [7, 11) is 1.07. The molecule has 8 saturated carbocycles. The third kappa shape index (κ3) is 13.2. The third-order valence-corrected chi connectivity index (χ3v) is 33.7. The minimum Gasteiger partial charge on any atom is -0.100 e. The zero-order valence-electron chi connectivity index (χ0n) is 38.0. The highest BCUT2D eigenvalue weighted by Crippen LogP contribution is 2.64. The molecule has 6 atom stereocenters. The lowest BCUT2D eigenvalue weighted by Crippen LogP contribution is -2.33. The van der Waals surface area contributed by atoms with E-state index in [1.165, 1.54) is 22.6 Å². The van der Waals surface area contributed by atoms with Crippen LogP contribution in [0.1, 0.15) is 250 Å². The molecule has 6 unspecified atom stereocenters. The van der Waals surface area contributed by atoms with Gasteiger partial charge in [0.25, 0.3) is 0 Å². The van der Waals surface area contributed by atoms with Crippen molar-refractivity contribution in [2.45, 2.75) is 296 Å². The Morgan fingerprint density at radius 1 is 0.211 bits per heavy atom. The van der Waals surface area contributed by atoms with E-state index < -0.39 is 0 Å². The van der Waals surface area contributed by atoms with Crippen LogP contribution in [-0.2, 0) is 0 Å². The van der Waals surface area contributed by atoms with Gasteiger partial charge in [0.2, 0.25) is 0 Å². The predicted molar refractivity (Wildman–Crippen MR) is 264 cm³/mol. The summed E-state index contributed by atoms with van der Waals surface area (Å²) in [6.45, 7) is 0. The minimum atomic E-state index is 0.243. The standard InChI is InChI=1S/C53H96P4/c1-7-24-46(25-8-1)54(47-26-9-2-10-27-47)38-21-39-55(48-28-11-3-12-29-48)52-36-19-22-44(42-52)45-23-20-37-53(43-45)57(51-34-17-6-18-35-51)41-40-56(49-30-13-4-14-31-49)50-32-15-5-16-33-50/h44-53H,1-43H2. The van der Waals surface area contributed by atoms with Crippen LogP contribution in [0.3, 0.4) is 0 Å². The minimum absolute atomic E-state index is 0.243. The molecule has 0 bridgehead atoms. The van der Waals surface area contributed by atoms with Gasteiger partial charge in [-0.15, -0.1) is 15.8 Å². The summed E-state index contributed by atoms with van der Waals surface area (Å²) in [5.74, 6) is 2.23. The second-order valence-electron chi connectivity index (χ2n) is 22.2. The van der Waals surface area contributed by atoms with Gasteiger partial charge in [-0.3, -0.25) is 0 Å². The Hall–Kier alpha value is 1.72. The zero-order valence-corrected chi connectivity index (χ0v) is 41.5. The quantitative estimate of drug-likeness (QED) is 0.136. The fraction of sp³-hybridized carbons (Fsp3) is 1.00. The van der Waals surface area contributed by atoms with Gasteiger partial charge >= 0.3 is 0 Å². The molecule has 0 aromatic carbocycles. The van der Waals surface area contributed by atoms with Crippen LogP contribution in [0.5, 0.6) is 0 Å². The van der Waals surface area contributed by atoms with E-state index in [0.29, 0.717) is 7.92 Å². The van der Waals surface area contributed by atoms with Gasteiger partial charge in [-0.05, 0) is 191 Å². The highest BCUT2D eigenvalue weighted by atomic mass is 31.1. The van der Waals surface area contributed by atoms with E-state index >= 15 is 0 Å². The summed E-state index contributed by atoms with van der Waals surface area (Å²) in [5.41, 5.74) is 9.33. The smallest absolute Gasteiger partial charge is 0.0204 e. The van der Waals surface area contributed by atoms with Crippen LogP contribution in [0.15, 0.2) is 0 Å². The van der Waals surface area contributed by atoms with Crippen molar-refractivity contribution >= 4 is 31.7 Å². The van der Waals surface area contributed by atoms with Crippen LogP contribution >= 0.6 is 31.7 Å². The normalized spacial score (nSPS) is 33.2. The topological polar surface area (TPSA) is 0 Å². The van der Waals surface area contributed by atoms with Gasteiger partial charge in [0.05, 0.1) is 0 Å². The maximum absolute atomic E-state index is 1.74. The van der Waals surface area contributed by atoms with Crippen molar-refractivity contribution in [2.24, 2.45) is 11.8 Å². The van der Waals surface area contributed by atoms with Crippen LogP contribution in [0.4, 0.5) is 0 Å². The van der Waals surface area contributed by atoms with E-state index in [2.05, 4.69) is 0 Å². The van der Waals surface area contributed by atoms with Crippen LogP contribution in [0.25, 0.3) is 0 Å². The maximum Gasteiger partial charge on any atom is -0.0204 e. The molecule has 0 saturated heterocycles. The molecular formula is C53H96P4. The lowest BCUT2D eigenvalue weighted by Gasteiger charge is -2.47. The van der Waals surface area contributed by atoms with E-state index in [4.69, 9.17) is 0 Å². The number of hydrogen-bond acceptors (Lipinski definition) is 0. The van der Waals surface area contributed by atoms with E-state index in [9.17, 15) is 0 Å². The van der Waals surface area contributed by atoms with Gasteiger partial charge in [0.15, 0.2) is 0 Å². The summed E-state index contributed by atoms with van der Waals surface area (Å²) < 4.78 is 0. The molecule has 0 nitrogen and oxygen atoms in total. The zero-order chi connectivity index (χ0) is 38.5. The molecule has 8 rings (SSSR count). The highest BCUT2D eigenvalue weighted by molar-refractivity contribution is 7.63. The summed E-state index contributed by atoms with van der Waals surface area (Å²) in [6, 6.07) is 0. The molecule has 0 aromatic rings. The van der Waals surface area contributed by atoms with Crippen LogP contribution in [0.2, 0.25) is 0 Å². The molecule has 4 heteroatoms. The Morgan fingerprint density at radius 3 is 0.737 bits per heavy atom. The highest BCUT2D eigenvalue weighted by Gasteiger charge is 2.41. The average molecular weight is 857 g/mol. The van der Waals surface area contributed by atoms with Crippen LogP contribution in [-0.4, -0.2) is 69.9 Å². The summed E-state index contributed by atoms with van der Waals surface area (Å²) in [6.07, 6.45) is 69.5. The molecule has 8 fully saturated rings. The van der Waals surface area contributed by atoms with Gasteiger partial charge in [0.1, 0.15) is 0 Å². The van der Waals surface area contributed by atoms with E-state index in [-0.39, 0.29) is 23.8 Å². The van der Waals surface area contributed by atoms with Gasteiger partial charge in [-0.2, -0.15) is 0 Å². The Morgan fingerprint density at radius 2 is 0.439 bits per heavy atom. The second-order valence-corrected chi connectivity index (χ2v) is 34.0. The van der Waals surface area contributed by atoms with E-state index in [1.807, 2.05) is 0 Å². The second kappa shape index (κ2) is 24.7. The first-order valence-electron chi connectivity index (χ1n) is 27.3. The van der Waals surface area contributed by atoms with E-state index in [0.717, 1.165) is 34.5 Å². The van der Waals surface area contributed by atoms with Crippen molar-refractivity contribution in [1.29, 1.82) is 0 Å². The van der Waals surface area contributed by atoms with Crippen molar-refractivity contribution in [2.75, 3.05) is 24.6 Å². The van der Waals surface area contributed by atoms with Crippen molar-refractivity contribution in [3.8, 4) is 0 Å². The third-order valence-electron chi connectivity index (χ3n) is 18.7. The maximum atomic E-state index is 1.74.